The van der Waals surface area contributed by atoms with Gasteiger partial charge >= 0.3 is 5.97 Å². The standard InChI is InChI=1S/C14H22O3/c1-14(2,3)17-13(16)12(15)8-11-7-9-4-5-10(11)6-9/h4-5,9-12,15H,6-8H2,1-3H3. The number of aliphatic hydroxyl groups is 1. The fourth-order valence-corrected chi connectivity index (χ4v) is 2.92. The van der Waals surface area contributed by atoms with E-state index in [9.17, 15) is 9.90 Å². The minimum Gasteiger partial charge on any atom is -0.458 e. The van der Waals surface area contributed by atoms with Gasteiger partial charge in [-0.05, 0) is 57.8 Å². The van der Waals surface area contributed by atoms with E-state index in [0.717, 1.165) is 6.42 Å². The summed E-state index contributed by atoms with van der Waals surface area (Å²) in [7, 11) is 0. The summed E-state index contributed by atoms with van der Waals surface area (Å²) in [5.41, 5.74) is -0.521. The maximum atomic E-state index is 11.7. The highest BCUT2D eigenvalue weighted by Crippen LogP contribution is 2.45. The third kappa shape index (κ3) is 3.09. The molecule has 0 aromatic carbocycles. The second-order valence-electron chi connectivity index (χ2n) is 6.33. The molecule has 2 rings (SSSR count). The van der Waals surface area contributed by atoms with Crippen molar-refractivity contribution in [1.29, 1.82) is 0 Å². The van der Waals surface area contributed by atoms with Gasteiger partial charge in [-0.3, -0.25) is 0 Å². The van der Waals surface area contributed by atoms with Crippen molar-refractivity contribution in [2.45, 2.75) is 51.7 Å². The highest BCUT2D eigenvalue weighted by Gasteiger charge is 2.38. The van der Waals surface area contributed by atoms with Gasteiger partial charge in [0.15, 0.2) is 6.10 Å². The van der Waals surface area contributed by atoms with Crippen LogP contribution in [0.15, 0.2) is 12.2 Å². The van der Waals surface area contributed by atoms with Crippen molar-refractivity contribution in [2.24, 2.45) is 17.8 Å². The van der Waals surface area contributed by atoms with Gasteiger partial charge in [0.1, 0.15) is 5.60 Å². The first-order chi connectivity index (χ1) is 7.85. The molecule has 3 nitrogen and oxygen atoms in total. The number of esters is 1. The Labute approximate surface area is 103 Å². The van der Waals surface area contributed by atoms with Crippen LogP contribution in [-0.2, 0) is 9.53 Å². The van der Waals surface area contributed by atoms with Crippen molar-refractivity contribution in [2.75, 3.05) is 0 Å². The largest absolute Gasteiger partial charge is 0.458 e. The molecule has 0 amide bonds. The first-order valence-electron chi connectivity index (χ1n) is 6.44. The summed E-state index contributed by atoms with van der Waals surface area (Å²) >= 11 is 0. The van der Waals surface area contributed by atoms with Crippen molar-refractivity contribution in [3.8, 4) is 0 Å². The molecule has 0 saturated heterocycles. The van der Waals surface area contributed by atoms with Crippen LogP contribution in [0.25, 0.3) is 0 Å². The summed E-state index contributed by atoms with van der Waals surface area (Å²) in [6.07, 6.45) is 6.39. The molecular formula is C14H22O3. The van der Waals surface area contributed by atoms with Crippen LogP contribution in [0.1, 0.15) is 40.0 Å². The maximum Gasteiger partial charge on any atom is 0.335 e. The molecule has 0 aromatic heterocycles. The number of carbonyl (C=O) groups is 1. The molecule has 4 unspecified atom stereocenters. The van der Waals surface area contributed by atoms with E-state index in [1.807, 2.05) is 20.8 Å². The van der Waals surface area contributed by atoms with Gasteiger partial charge in [-0.2, -0.15) is 0 Å². The van der Waals surface area contributed by atoms with Crippen LogP contribution in [0.3, 0.4) is 0 Å². The number of ether oxygens (including phenoxy) is 1. The molecule has 17 heavy (non-hydrogen) atoms. The molecule has 2 bridgehead atoms. The van der Waals surface area contributed by atoms with E-state index in [1.54, 1.807) is 0 Å². The predicted octanol–water partition coefficient (Wildman–Crippen LogP) is 2.29. The third-order valence-corrected chi connectivity index (χ3v) is 3.62. The SMILES string of the molecule is CC(C)(C)OC(=O)C(O)CC1CC2C=CC1C2. The van der Waals surface area contributed by atoms with Gasteiger partial charge in [0.05, 0.1) is 0 Å². The fraction of sp³-hybridized carbons (Fsp3) is 0.786. The van der Waals surface area contributed by atoms with Gasteiger partial charge in [0, 0.05) is 0 Å². The predicted molar refractivity (Wildman–Crippen MR) is 65.3 cm³/mol. The zero-order valence-corrected chi connectivity index (χ0v) is 10.8. The zero-order valence-electron chi connectivity index (χ0n) is 10.8. The Kier molecular flexibility index (Phi) is 3.30. The van der Waals surface area contributed by atoms with Gasteiger partial charge in [-0.1, -0.05) is 12.2 Å². The van der Waals surface area contributed by atoms with E-state index in [4.69, 9.17) is 4.74 Å². The molecule has 0 heterocycles. The smallest absolute Gasteiger partial charge is 0.335 e. The molecular weight excluding hydrogens is 216 g/mol. The average molecular weight is 238 g/mol. The summed E-state index contributed by atoms with van der Waals surface area (Å²) in [6, 6.07) is 0. The summed E-state index contributed by atoms with van der Waals surface area (Å²) < 4.78 is 5.18. The average Bonchev–Trinajstić information content (AvgIpc) is 2.76. The van der Waals surface area contributed by atoms with E-state index in [2.05, 4.69) is 12.2 Å². The van der Waals surface area contributed by atoms with Crippen molar-refractivity contribution < 1.29 is 14.6 Å². The van der Waals surface area contributed by atoms with E-state index >= 15 is 0 Å². The summed E-state index contributed by atoms with van der Waals surface area (Å²) in [5.74, 6) is 1.21. The highest BCUT2D eigenvalue weighted by atomic mass is 16.6. The van der Waals surface area contributed by atoms with Gasteiger partial charge in [0.2, 0.25) is 0 Å². The maximum absolute atomic E-state index is 11.7. The lowest BCUT2D eigenvalue weighted by molar-refractivity contribution is -0.166. The number of allylic oxidation sites excluding steroid dienone is 2. The highest BCUT2D eigenvalue weighted by molar-refractivity contribution is 5.74. The number of hydrogen-bond acceptors (Lipinski definition) is 3. The van der Waals surface area contributed by atoms with Crippen LogP contribution in [-0.4, -0.2) is 22.8 Å². The fourth-order valence-electron chi connectivity index (χ4n) is 2.92. The molecule has 0 spiro atoms. The monoisotopic (exact) mass is 238 g/mol. The van der Waals surface area contributed by atoms with Crippen molar-refractivity contribution in [3.63, 3.8) is 0 Å². The minimum absolute atomic E-state index is 0.451. The van der Waals surface area contributed by atoms with Crippen LogP contribution in [0.4, 0.5) is 0 Å². The number of carbonyl (C=O) groups excluding carboxylic acids is 1. The van der Waals surface area contributed by atoms with Crippen molar-refractivity contribution >= 4 is 5.97 Å². The van der Waals surface area contributed by atoms with Crippen LogP contribution in [0.2, 0.25) is 0 Å². The Morgan fingerprint density at radius 2 is 2.12 bits per heavy atom. The summed E-state index contributed by atoms with van der Waals surface area (Å²) in [6.45, 7) is 5.45. The van der Waals surface area contributed by atoms with E-state index < -0.39 is 17.7 Å². The van der Waals surface area contributed by atoms with Gasteiger partial charge in [0.25, 0.3) is 0 Å². The molecule has 0 aliphatic heterocycles. The topological polar surface area (TPSA) is 46.5 Å². The number of fused-ring (bicyclic) bond motifs is 2. The Bertz CT molecular complexity index is 327. The van der Waals surface area contributed by atoms with Gasteiger partial charge in [-0.25, -0.2) is 4.79 Å². The molecule has 1 N–H and O–H groups in total. The number of hydrogen-bond donors (Lipinski definition) is 1. The molecule has 2 aliphatic carbocycles. The first-order valence-corrected chi connectivity index (χ1v) is 6.44. The van der Waals surface area contributed by atoms with Gasteiger partial charge in [-0.15, -0.1) is 0 Å². The van der Waals surface area contributed by atoms with Crippen LogP contribution in [0, 0.1) is 17.8 Å². The van der Waals surface area contributed by atoms with E-state index in [1.165, 1.54) is 6.42 Å². The summed E-state index contributed by atoms with van der Waals surface area (Å²) in [4.78, 5) is 11.7. The van der Waals surface area contributed by atoms with Crippen molar-refractivity contribution in [1.82, 2.24) is 0 Å². The molecule has 2 aliphatic rings. The third-order valence-electron chi connectivity index (χ3n) is 3.62. The van der Waals surface area contributed by atoms with Crippen molar-refractivity contribution in [3.05, 3.63) is 12.2 Å². The zero-order chi connectivity index (χ0) is 12.6. The lowest BCUT2D eigenvalue weighted by atomic mass is 9.88. The summed E-state index contributed by atoms with van der Waals surface area (Å²) in [5, 5.41) is 9.87. The molecule has 1 fully saturated rings. The molecule has 96 valence electrons. The number of aliphatic hydroxyl groups excluding tert-OH is 1. The minimum atomic E-state index is -0.966. The molecule has 1 saturated carbocycles. The van der Waals surface area contributed by atoms with Crippen LogP contribution >= 0.6 is 0 Å². The van der Waals surface area contributed by atoms with Crippen LogP contribution in [0.5, 0.6) is 0 Å². The molecule has 3 heteroatoms. The molecule has 0 aromatic rings. The lowest BCUT2D eigenvalue weighted by Crippen LogP contribution is -2.33. The van der Waals surface area contributed by atoms with E-state index in [0.29, 0.717) is 24.2 Å². The van der Waals surface area contributed by atoms with E-state index in [-0.39, 0.29) is 0 Å². The Balaban J connectivity index is 1.83. The quantitative estimate of drug-likeness (QED) is 0.606. The second kappa shape index (κ2) is 4.45. The van der Waals surface area contributed by atoms with Gasteiger partial charge < -0.3 is 9.84 Å². The second-order valence-corrected chi connectivity index (χ2v) is 6.33. The first kappa shape index (κ1) is 12.6. The lowest BCUT2D eigenvalue weighted by Gasteiger charge is -2.24. The Hall–Kier alpha value is -0.830. The normalized spacial score (nSPS) is 32.8. The van der Waals surface area contributed by atoms with Crippen LogP contribution < -0.4 is 0 Å². The molecule has 0 radical (unpaired) electrons. The Morgan fingerprint density at radius 1 is 1.41 bits per heavy atom. The number of rotatable bonds is 3. The molecule has 4 atom stereocenters. The Morgan fingerprint density at radius 3 is 2.59 bits per heavy atom.